The summed E-state index contributed by atoms with van der Waals surface area (Å²) in [5, 5.41) is 8.37. The number of thiophene rings is 1. The summed E-state index contributed by atoms with van der Waals surface area (Å²) in [6.45, 7) is 10.8. The lowest BCUT2D eigenvalue weighted by Gasteiger charge is -2.52. The first-order chi connectivity index (χ1) is 9.56. The van der Waals surface area contributed by atoms with E-state index in [9.17, 15) is 0 Å². The highest BCUT2D eigenvalue weighted by atomic mass is 32.1. The standard InChI is InChI=1S/C17H28N2S/c1-4-16(2)12-18-17(3,15-5-6-15)13-19(16)9-7-14-8-10-20-11-14/h8,10-11,15,18H,4-7,9,12-13H2,1-3H3. The molecule has 1 aromatic heterocycles. The predicted octanol–water partition coefficient (Wildman–Crippen LogP) is 3.53. The minimum Gasteiger partial charge on any atom is -0.308 e. The van der Waals surface area contributed by atoms with E-state index in [2.05, 4.69) is 47.8 Å². The third-order valence-corrected chi connectivity index (χ3v) is 6.38. The van der Waals surface area contributed by atoms with Gasteiger partial charge in [0.05, 0.1) is 0 Å². The van der Waals surface area contributed by atoms with E-state index in [0.717, 1.165) is 12.5 Å². The van der Waals surface area contributed by atoms with Gasteiger partial charge >= 0.3 is 0 Å². The van der Waals surface area contributed by atoms with Crippen molar-refractivity contribution in [2.24, 2.45) is 5.92 Å². The van der Waals surface area contributed by atoms with Crippen molar-refractivity contribution in [3.05, 3.63) is 22.4 Å². The van der Waals surface area contributed by atoms with Gasteiger partial charge in [-0.25, -0.2) is 0 Å². The second-order valence-electron chi connectivity index (χ2n) is 7.20. The van der Waals surface area contributed by atoms with Gasteiger partial charge in [-0.05, 0) is 67.8 Å². The van der Waals surface area contributed by atoms with E-state index in [1.807, 2.05) is 11.3 Å². The van der Waals surface area contributed by atoms with Crippen molar-refractivity contribution in [3.63, 3.8) is 0 Å². The van der Waals surface area contributed by atoms with E-state index in [0.29, 0.717) is 11.1 Å². The zero-order chi connectivity index (χ0) is 14.2. The third kappa shape index (κ3) is 2.81. The van der Waals surface area contributed by atoms with Crippen LogP contribution in [0.25, 0.3) is 0 Å². The summed E-state index contributed by atoms with van der Waals surface area (Å²) in [6, 6.07) is 2.27. The molecule has 3 heteroatoms. The molecule has 1 saturated heterocycles. The highest BCUT2D eigenvalue weighted by Gasteiger charge is 2.48. The number of piperazine rings is 1. The lowest BCUT2D eigenvalue weighted by Crippen LogP contribution is -2.69. The van der Waals surface area contributed by atoms with Gasteiger partial charge in [0.15, 0.2) is 0 Å². The zero-order valence-corrected chi connectivity index (χ0v) is 13.9. The van der Waals surface area contributed by atoms with Crippen molar-refractivity contribution in [1.29, 1.82) is 0 Å². The maximum absolute atomic E-state index is 3.88. The summed E-state index contributed by atoms with van der Waals surface area (Å²) in [6.07, 6.45) is 5.26. The predicted molar refractivity (Wildman–Crippen MR) is 87.4 cm³/mol. The average Bonchev–Trinajstić information content (AvgIpc) is 3.19. The van der Waals surface area contributed by atoms with Gasteiger partial charge < -0.3 is 5.32 Å². The summed E-state index contributed by atoms with van der Waals surface area (Å²) in [4.78, 5) is 2.76. The molecule has 0 aromatic carbocycles. The molecule has 0 bridgehead atoms. The van der Waals surface area contributed by atoms with Crippen LogP contribution in [0.3, 0.4) is 0 Å². The van der Waals surface area contributed by atoms with E-state index in [-0.39, 0.29) is 0 Å². The molecule has 2 aliphatic rings. The van der Waals surface area contributed by atoms with Crippen LogP contribution in [0.4, 0.5) is 0 Å². The van der Waals surface area contributed by atoms with Crippen molar-refractivity contribution in [2.45, 2.75) is 57.5 Å². The molecule has 0 radical (unpaired) electrons. The Kier molecular flexibility index (Phi) is 3.95. The monoisotopic (exact) mass is 292 g/mol. The average molecular weight is 292 g/mol. The van der Waals surface area contributed by atoms with Gasteiger partial charge in [0.1, 0.15) is 0 Å². The Morgan fingerprint density at radius 3 is 2.80 bits per heavy atom. The quantitative estimate of drug-likeness (QED) is 0.893. The molecule has 20 heavy (non-hydrogen) atoms. The molecule has 2 atom stereocenters. The number of nitrogens with one attached hydrogen (secondary N) is 1. The summed E-state index contributed by atoms with van der Waals surface area (Å²) in [5.41, 5.74) is 2.17. The lowest BCUT2D eigenvalue weighted by atomic mass is 9.84. The first kappa shape index (κ1) is 14.6. The molecule has 0 spiro atoms. The Labute approximate surface area is 127 Å². The van der Waals surface area contributed by atoms with E-state index in [4.69, 9.17) is 0 Å². The van der Waals surface area contributed by atoms with Crippen LogP contribution < -0.4 is 5.32 Å². The fourth-order valence-corrected chi connectivity index (χ4v) is 4.24. The zero-order valence-electron chi connectivity index (χ0n) is 13.1. The number of hydrogen-bond acceptors (Lipinski definition) is 3. The van der Waals surface area contributed by atoms with Crippen molar-refractivity contribution >= 4 is 11.3 Å². The number of nitrogens with zero attached hydrogens (tertiary/aromatic N) is 1. The van der Waals surface area contributed by atoms with Crippen LogP contribution in [0.2, 0.25) is 0 Å². The Morgan fingerprint density at radius 1 is 1.40 bits per heavy atom. The van der Waals surface area contributed by atoms with Crippen LogP contribution in [-0.4, -0.2) is 35.6 Å². The maximum atomic E-state index is 3.88. The molecule has 1 aromatic rings. The maximum Gasteiger partial charge on any atom is 0.0309 e. The van der Waals surface area contributed by atoms with Gasteiger partial charge in [-0.2, -0.15) is 11.3 Å². The molecule has 2 unspecified atom stereocenters. The number of rotatable bonds is 5. The van der Waals surface area contributed by atoms with Gasteiger partial charge in [-0.3, -0.25) is 4.90 Å². The fraction of sp³-hybridized carbons (Fsp3) is 0.765. The SMILES string of the molecule is CCC1(C)CNC(C)(C2CC2)CN1CCc1ccsc1. The normalized spacial score (nSPS) is 35.4. The largest absolute Gasteiger partial charge is 0.308 e. The van der Waals surface area contributed by atoms with Crippen LogP contribution in [0.5, 0.6) is 0 Å². The summed E-state index contributed by atoms with van der Waals surface area (Å²) in [5.74, 6) is 0.910. The highest BCUT2D eigenvalue weighted by molar-refractivity contribution is 7.07. The minimum atomic E-state index is 0.324. The molecule has 1 aliphatic heterocycles. The van der Waals surface area contributed by atoms with E-state index >= 15 is 0 Å². The second-order valence-corrected chi connectivity index (χ2v) is 7.98. The third-order valence-electron chi connectivity index (χ3n) is 5.65. The van der Waals surface area contributed by atoms with Crippen LogP contribution in [0.1, 0.15) is 45.6 Å². The molecule has 3 rings (SSSR count). The van der Waals surface area contributed by atoms with Gasteiger partial charge in [0.2, 0.25) is 0 Å². The number of hydrogen-bond donors (Lipinski definition) is 1. The summed E-state index contributed by atoms with van der Waals surface area (Å²) in [7, 11) is 0. The smallest absolute Gasteiger partial charge is 0.0309 e. The molecule has 1 aliphatic carbocycles. The Balaban J connectivity index is 1.68. The van der Waals surface area contributed by atoms with Crippen molar-refractivity contribution in [1.82, 2.24) is 10.2 Å². The second kappa shape index (κ2) is 5.43. The molecule has 2 heterocycles. The molecule has 2 nitrogen and oxygen atoms in total. The highest BCUT2D eigenvalue weighted by Crippen LogP contribution is 2.43. The first-order valence-electron chi connectivity index (χ1n) is 8.07. The van der Waals surface area contributed by atoms with Gasteiger partial charge in [0.25, 0.3) is 0 Å². The molecule has 2 fully saturated rings. The van der Waals surface area contributed by atoms with E-state index < -0.39 is 0 Å². The van der Waals surface area contributed by atoms with Gasteiger partial charge in [-0.15, -0.1) is 0 Å². The van der Waals surface area contributed by atoms with Crippen LogP contribution in [-0.2, 0) is 6.42 Å². The molecular weight excluding hydrogens is 264 g/mol. The van der Waals surface area contributed by atoms with Gasteiger partial charge in [-0.1, -0.05) is 6.92 Å². The van der Waals surface area contributed by atoms with E-state index in [1.54, 1.807) is 0 Å². The summed E-state index contributed by atoms with van der Waals surface area (Å²) < 4.78 is 0. The van der Waals surface area contributed by atoms with Crippen LogP contribution >= 0.6 is 11.3 Å². The Bertz CT molecular complexity index is 440. The Morgan fingerprint density at radius 2 is 2.20 bits per heavy atom. The summed E-state index contributed by atoms with van der Waals surface area (Å²) >= 11 is 1.82. The fourth-order valence-electron chi connectivity index (χ4n) is 3.54. The first-order valence-corrected chi connectivity index (χ1v) is 9.01. The van der Waals surface area contributed by atoms with E-state index in [1.165, 1.54) is 44.3 Å². The van der Waals surface area contributed by atoms with Crippen molar-refractivity contribution in [3.8, 4) is 0 Å². The molecule has 1 N–H and O–H groups in total. The van der Waals surface area contributed by atoms with Crippen molar-refractivity contribution < 1.29 is 0 Å². The van der Waals surface area contributed by atoms with Gasteiger partial charge in [0, 0.05) is 30.7 Å². The topological polar surface area (TPSA) is 15.3 Å². The molecule has 112 valence electrons. The van der Waals surface area contributed by atoms with Crippen LogP contribution in [0, 0.1) is 5.92 Å². The van der Waals surface area contributed by atoms with Crippen molar-refractivity contribution in [2.75, 3.05) is 19.6 Å². The Hall–Kier alpha value is -0.380. The lowest BCUT2D eigenvalue weighted by molar-refractivity contribution is 0.0116. The molecular formula is C17H28N2S. The minimum absolute atomic E-state index is 0.324. The molecule has 1 saturated carbocycles. The molecule has 0 amide bonds. The van der Waals surface area contributed by atoms with Crippen LogP contribution in [0.15, 0.2) is 16.8 Å².